The summed E-state index contributed by atoms with van der Waals surface area (Å²) in [7, 11) is 3.55. The normalized spacial score (nSPS) is 11.0. The Bertz CT molecular complexity index is 676. The zero-order valence-corrected chi connectivity index (χ0v) is 12.0. The monoisotopic (exact) mass is 280 g/mol. The van der Waals surface area contributed by atoms with Crippen LogP contribution >= 0.6 is 0 Å². The number of hydrogen-bond acceptors (Lipinski definition) is 4. The molecule has 5 heteroatoms. The van der Waals surface area contributed by atoms with Crippen LogP contribution in [0.15, 0.2) is 54.8 Å². The molecule has 0 aliphatic heterocycles. The van der Waals surface area contributed by atoms with Gasteiger partial charge in [0.1, 0.15) is 11.6 Å². The Morgan fingerprint density at radius 2 is 2.10 bits per heavy atom. The number of rotatable bonds is 5. The number of hydrogen-bond donors (Lipinski definition) is 0. The molecule has 1 aromatic heterocycles. The summed E-state index contributed by atoms with van der Waals surface area (Å²) >= 11 is 0. The second-order valence-corrected chi connectivity index (χ2v) is 4.88. The summed E-state index contributed by atoms with van der Waals surface area (Å²) in [6, 6.07) is 9.20. The number of imidazole rings is 1. The maximum absolute atomic E-state index is 12.2. The third-order valence-corrected chi connectivity index (χ3v) is 2.89. The van der Waals surface area contributed by atoms with Gasteiger partial charge in [-0.2, -0.15) is 5.26 Å². The number of allylic oxidation sites excluding steroid dienone is 1. The molecule has 0 amide bonds. The first-order valence-electron chi connectivity index (χ1n) is 6.48. The highest BCUT2D eigenvalue weighted by atomic mass is 16.1. The van der Waals surface area contributed by atoms with Gasteiger partial charge < -0.3 is 9.47 Å². The van der Waals surface area contributed by atoms with Crippen LogP contribution in [0.25, 0.3) is 0 Å². The highest BCUT2D eigenvalue weighted by Crippen LogP contribution is 2.11. The lowest BCUT2D eigenvalue weighted by atomic mass is 10.0. The standard InChI is InChI=1S/C16H16N4O/c1-19(2)11-15(9-17)16(21)14-5-3-13(4-6-14)10-20-8-7-18-12-20/h3-8,11-12H,10H2,1-2H3. The average molecular weight is 280 g/mol. The van der Waals surface area contributed by atoms with Crippen molar-refractivity contribution in [1.29, 1.82) is 5.26 Å². The van der Waals surface area contributed by atoms with E-state index in [0.29, 0.717) is 12.1 Å². The molecule has 21 heavy (non-hydrogen) atoms. The molecule has 2 aromatic rings. The molecule has 1 heterocycles. The van der Waals surface area contributed by atoms with E-state index in [0.717, 1.165) is 5.56 Å². The average Bonchev–Trinajstić information content (AvgIpc) is 2.97. The van der Waals surface area contributed by atoms with Gasteiger partial charge in [0.05, 0.1) is 6.33 Å². The first-order valence-corrected chi connectivity index (χ1v) is 6.48. The van der Waals surface area contributed by atoms with Crippen LogP contribution in [0, 0.1) is 11.3 Å². The fraction of sp³-hybridized carbons (Fsp3) is 0.188. The zero-order valence-electron chi connectivity index (χ0n) is 12.0. The highest BCUT2D eigenvalue weighted by Gasteiger charge is 2.12. The van der Waals surface area contributed by atoms with E-state index in [1.807, 2.05) is 29.0 Å². The molecule has 0 aliphatic carbocycles. The van der Waals surface area contributed by atoms with Gasteiger partial charge in [-0.15, -0.1) is 0 Å². The van der Waals surface area contributed by atoms with Gasteiger partial charge in [-0.25, -0.2) is 4.98 Å². The molecular weight excluding hydrogens is 264 g/mol. The van der Waals surface area contributed by atoms with Crippen molar-refractivity contribution < 1.29 is 4.79 Å². The Labute approximate surface area is 123 Å². The smallest absolute Gasteiger partial charge is 0.205 e. The Hall–Kier alpha value is -2.87. The third kappa shape index (κ3) is 3.80. The Kier molecular flexibility index (Phi) is 4.52. The molecule has 2 rings (SSSR count). The maximum Gasteiger partial charge on any atom is 0.205 e. The second kappa shape index (κ2) is 6.53. The van der Waals surface area contributed by atoms with Crippen LogP contribution in [-0.4, -0.2) is 34.3 Å². The van der Waals surface area contributed by atoms with Crippen molar-refractivity contribution in [2.75, 3.05) is 14.1 Å². The van der Waals surface area contributed by atoms with E-state index in [1.54, 1.807) is 43.7 Å². The van der Waals surface area contributed by atoms with Gasteiger partial charge in [-0.3, -0.25) is 4.79 Å². The summed E-state index contributed by atoms with van der Waals surface area (Å²) < 4.78 is 1.95. The van der Waals surface area contributed by atoms with Crippen LogP contribution in [0.3, 0.4) is 0 Å². The van der Waals surface area contributed by atoms with Gasteiger partial charge in [-0.05, 0) is 5.56 Å². The number of Topliss-reactive ketones (excluding diaryl/α,β-unsaturated/α-hetero) is 1. The van der Waals surface area contributed by atoms with Crippen LogP contribution in [0.5, 0.6) is 0 Å². The molecule has 0 saturated heterocycles. The first-order chi connectivity index (χ1) is 10.1. The number of nitriles is 1. The SMILES string of the molecule is CN(C)C=C(C#N)C(=O)c1ccc(Cn2ccnc2)cc1. The lowest BCUT2D eigenvalue weighted by molar-refractivity contribution is 0.103. The number of benzene rings is 1. The minimum Gasteiger partial charge on any atom is -0.382 e. The van der Waals surface area contributed by atoms with Crippen molar-refractivity contribution >= 4 is 5.78 Å². The fourth-order valence-electron chi connectivity index (χ4n) is 1.90. The molecule has 0 aliphatic rings. The van der Waals surface area contributed by atoms with E-state index in [2.05, 4.69) is 4.98 Å². The van der Waals surface area contributed by atoms with E-state index >= 15 is 0 Å². The van der Waals surface area contributed by atoms with Gasteiger partial charge in [0.25, 0.3) is 0 Å². The number of carbonyl (C=O) groups excluding carboxylic acids is 1. The Balaban J connectivity index is 2.15. The van der Waals surface area contributed by atoms with Crippen molar-refractivity contribution in [1.82, 2.24) is 14.5 Å². The van der Waals surface area contributed by atoms with Crippen molar-refractivity contribution in [2.24, 2.45) is 0 Å². The summed E-state index contributed by atoms with van der Waals surface area (Å²) in [4.78, 5) is 17.9. The summed E-state index contributed by atoms with van der Waals surface area (Å²) in [5.41, 5.74) is 1.71. The molecule has 1 aromatic carbocycles. The molecule has 0 bridgehead atoms. The van der Waals surface area contributed by atoms with Gasteiger partial charge in [0, 0.05) is 44.8 Å². The topological polar surface area (TPSA) is 61.9 Å². The largest absolute Gasteiger partial charge is 0.382 e. The predicted octanol–water partition coefficient (Wildman–Crippen LogP) is 2.08. The van der Waals surface area contributed by atoms with Crippen LogP contribution in [0.1, 0.15) is 15.9 Å². The molecule has 0 saturated carbocycles. The molecule has 0 spiro atoms. The minimum atomic E-state index is -0.264. The number of aromatic nitrogens is 2. The van der Waals surface area contributed by atoms with Gasteiger partial charge in [0.2, 0.25) is 5.78 Å². The summed E-state index contributed by atoms with van der Waals surface area (Å²) in [5.74, 6) is -0.264. The lowest BCUT2D eigenvalue weighted by Gasteiger charge is -2.07. The Morgan fingerprint density at radius 1 is 1.38 bits per heavy atom. The van der Waals surface area contributed by atoms with E-state index in [1.165, 1.54) is 6.20 Å². The van der Waals surface area contributed by atoms with Gasteiger partial charge in [0.15, 0.2) is 0 Å². The maximum atomic E-state index is 12.2. The number of nitrogens with zero attached hydrogens (tertiary/aromatic N) is 4. The van der Waals surface area contributed by atoms with Gasteiger partial charge in [-0.1, -0.05) is 24.3 Å². The van der Waals surface area contributed by atoms with E-state index in [9.17, 15) is 4.79 Å². The van der Waals surface area contributed by atoms with Crippen LogP contribution in [-0.2, 0) is 6.54 Å². The number of ketones is 1. The van der Waals surface area contributed by atoms with Crippen molar-refractivity contribution in [3.63, 3.8) is 0 Å². The van der Waals surface area contributed by atoms with Crippen molar-refractivity contribution in [2.45, 2.75) is 6.54 Å². The molecule has 5 nitrogen and oxygen atoms in total. The van der Waals surface area contributed by atoms with E-state index in [4.69, 9.17) is 5.26 Å². The minimum absolute atomic E-state index is 0.127. The predicted molar refractivity (Wildman–Crippen MR) is 79.5 cm³/mol. The first kappa shape index (κ1) is 14.5. The molecule has 0 atom stereocenters. The zero-order chi connectivity index (χ0) is 15.2. The molecule has 0 N–H and O–H groups in total. The van der Waals surface area contributed by atoms with Crippen LogP contribution in [0.4, 0.5) is 0 Å². The second-order valence-electron chi connectivity index (χ2n) is 4.88. The van der Waals surface area contributed by atoms with E-state index < -0.39 is 0 Å². The van der Waals surface area contributed by atoms with Crippen LogP contribution < -0.4 is 0 Å². The van der Waals surface area contributed by atoms with Crippen LogP contribution in [0.2, 0.25) is 0 Å². The van der Waals surface area contributed by atoms with E-state index in [-0.39, 0.29) is 11.4 Å². The summed E-state index contributed by atoms with van der Waals surface area (Å²) in [6.07, 6.45) is 6.88. The fourth-order valence-corrected chi connectivity index (χ4v) is 1.90. The Morgan fingerprint density at radius 3 is 2.62 bits per heavy atom. The molecule has 0 unspecified atom stereocenters. The summed E-state index contributed by atoms with van der Waals surface area (Å²) in [6.45, 7) is 0.702. The molecule has 0 radical (unpaired) electrons. The summed E-state index contributed by atoms with van der Waals surface area (Å²) in [5, 5.41) is 9.06. The molecule has 106 valence electrons. The van der Waals surface area contributed by atoms with Crippen molar-refractivity contribution in [3.05, 3.63) is 65.9 Å². The van der Waals surface area contributed by atoms with Crippen molar-refractivity contribution in [3.8, 4) is 6.07 Å². The lowest BCUT2D eigenvalue weighted by Crippen LogP contribution is -2.09. The molecular formula is C16H16N4O. The quantitative estimate of drug-likeness (QED) is 0.478. The third-order valence-electron chi connectivity index (χ3n) is 2.89. The molecule has 0 fully saturated rings. The highest BCUT2D eigenvalue weighted by molar-refractivity contribution is 6.11. The van der Waals surface area contributed by atoms with Gasteiger partial charge >= 0.3 is 0 Å². The number of carbonyl (C=O) groups is 1.